The summed E-state index contributed by atoms with van der Waals surface area (Å²) in [6, 6.07) is 11.9. The Balaban J connectivity index is 1.66. The van der Waals surface area contributed by atoms with E-state index < -0.39 is 0 Å². The number of amides is 1. The summed E-state index contributed by atoms with van der Waals surface area (Å²) in [7, 11) is 0. The average molecular weight is 420 g/mol. The van der Waals surface area contributed by atoms with Crippen LogP contribution in [-0.2, 0) is 17.9 Å². The predicted octanol–water partition coefficient (Wildman–Crippen LogP) is 3.52. The molecule has 25 heavy (non-hydrogen) atoms. The van der Waals surface area contributed by atoms with Gasteiger partial charge in [0.25, 0.3) is 0 Å². The van der Waals surface area contributed by atoms with Crippen molar-refractivity contribution in [3.63, 3.8) is 0 Å². The number of aromatic nitrogens is 4. The van der Waals surface area contributed by atoms with E-state index in [1.807, 2.05) is 50.2 Å². The number of carbonyl (C=O) groups is 1. The second kappa shape index (κ2) is 7.88. The molecule has 0 fully saturated rings. The molecule has 0 aliphatic rings. The van der Waals surface area contributed by atoms with Crippen molar-refractivity contribution in [2.45, 2.75) is 26.9 Å². The summed E-state index contributed by atoms with van der Waals surface area (Å²) in [5, 5.41) is 12.4. The number of benzene rings is 1. The number of tetrazole rings is 1. The summed E-state index contributed by atoms with van der Waals surface area (Å²) in [6.07, 6.45) is 0. The van der Waals surface area contributed by atoms with E-state index in [-0.39, 0.29) is 12.5 Å². The number of hydrogen-bond donors (Lipinski definition) is 0. The number of hydrogen-bond acceptors (Lipinski definition) is 5. The molecule has 0 spiro atoms. The highest BCUT2D eigenvalue weighted by Gasteiger charge is 2.16. The molecule has 3 rings (SSSR count). The molecule has 0 saturated heterocycles. The molecule has 1 aromatic carbocycles. The molecule has 1 amide bonds. The fourth-order valence-corrected chi connectivity index (χ4v) is 3.85. The normalized spacial score (nSPS) is 10.8. The molecule has 0 radical (unpaired) electrons. The van der Waals surface area contributed by atoms with Crippen LogP contribution in [-0.4, -0.2) is 37.6 Å². The first-order valence-corrected chi connectivity index (χ1v) is 9.53. The van der Waals surface area contributed by atoms with Gasteiger partial charge in [0.05, 0.1) is 10.3 Å². The molecule has 0 atom stereocenters. The Bertz CT molecular complexity index is 858. The van der Waals surface area contributed by atoms with Gasteiger partial charge in [-0.15, -0.1) is 21.5 Å². The van der Waals surface area contributed by atoms with Crippen LogP contribution in [0.5, 0.6) is 0 Å². The molecule has 6 nitrogen and oxygen atoms in total. The van der Waals surface area contributed by atoms with Crippen molar-refractivity contribution in [2.24, 2.45) is 0 Å². The molecule has 0 unspecified atom stereocenters. The van der Waals surface area contributed by atoms with Crippen LogP contribution in [0.4, 0.5) is 0 Å². The van der Waals surface area contributed by atoms with Gasteiger partial charge in [-0.25, -0.2) is 0 Å². The van der Waals surface area contributed by atoms with E-state index in [0.29, 0.717) is 18.9 Å². The van der Waals surface area contributed by atoms with Crippen molar-refractivity contribution in [3.8, 4) is 11.4 Å². The fourth-order valence-electron chi connectivity index (χ4n) is 2.35. The molecule has 0 aliphatic heterocycles. The minimum Gasteiger partial charge on any atom is -0.336 e. The lowest BCUT2D eigenvalue weighted by Crippen LogP contribution is -2.33. The number of likely N-dealkylation sites (N-methyl/N-ethyl adjacent to an activating group) is 1. The molecule has 0 N–H and O–H groups in total. The first-order chi connectivity index (χ1) is 12.0. The van der Waals surface area contributed by atoms with Crippen LogP contribution >= 0.6 is 27.3 Å². The fraction of sp³-hybridized carbons (Fsp3) is 0.294. The van der Waals surface area contributed by atoms with Crippen LogP contribution in [0.1, 0.15) is 17.4 Å². The van der Waals surface area contributed by atoms with E-state index in [0.717, 1.165) is 14.2 Å². The largest absolute Gasteiger partial charge is 0.336 e. The van der Waals surface area contributed by atoms with Crippen LogP contribution in [0.3, 0.4) is 0 Å². The van der Waals surface area contributed by atoms with Gasteiger partial charge in [0.15, 0.2) is 0 Å². The van der Waals surface area contributed by atoms with Gasteiger partial charge in [-0.1, -0.05) is 29.8 Å². The molecule has 3 aromatic rings. The minimum atomic E-state index is -0.0279. The van der Waals surface area contributed by atoms with E-state index >= 15 is 0 Å². The second-order valence-electron chi connectivity index (χ2n) is 5.62. The Morgan fingerprint density at radius 2 is 2.00 bits per heavy atom. The quantitative estimate of drug-likeness (QED) is 0.612. The van der Waals surface area contributed by atoms with E-state index in [9.17, 15) is 4.79 Å². The number of nitrogens with zero attached hydrogens (tertiary/aromatic N) is 5. The lowest BCUT2D eigenvalue weighted by atomic mass is 10.1. The number of thiophene rings is 1. The summed E-state index contributed by atoms with van der Waals surface area (Å²) in [5.74, 6) is 0.498. The van der Waals surface area contributed by atoms with Gasteiger partial charge in [0, 0.05) is 17.0 Å². The number of carbonyl (C=O) groups excluding carboxylic acids is 1. The first kappa shape index (κ1) is 17.8. The Kier molecular flexibility index (Phi) is 5.60. The molecule has 0 aliphatic carbocycles. The lowest BCUT2D eigenvalue weighted by Gasteiger charge is -2.19. The minimum absolute atomic E-state index is 0.0279. The Labute approximate surface area is 158 Å². The Hall–Kier alpha value is -2.06. The van der Waals surface area contributed by atoms with Crippen molar-refractivity contribution >= 4 is 33.2 Å². The van der Waals surface area contributed by atoms with Crippen molar-refractivity contribution < 1.29 is 4.79 Å². The third-order valence-corrected chi connectivity index (χ3v) is 5.36. The van der Waals surface area contributed by atoms with Crippen LogP contribution in [0.25, 0.3) is 11.4 Å². The standard InChI is InChI=1S/C17H18BrN5OS/c1-3-22(10-14-8-9-15(18)25-14)16(24)11-23-20-17(19-21-23)13-6-4-12(2)5-7-13/h4-9H,3,10-11H2,1-2H3. The van der Waals surface area contributed by atoms with Crippen LogP contribution < -0.4 is 0 Å². The topological polar surface area (TPSA) is 63.9 Å². The predicted molar refractivity (Wildman–Crippen MR) is 101 cm³/mol. The third kappa shape index (κ3) is 4.52. The molecule has 2 heterocycles. The molecule has 0 saturated carbocycles. The van der Waals surface area contributed by atoms with Gasteiger partial charge in [-0.05, 0) is 47.1 Å². The van der Waals surface area contributed by atoms with E-state index in [1.54, 1.807) is 16.2 Å². The molecule has 8 heteroatoms. The summed E-state index contributed by atoms with van der Waals surface area (Å²) in [4.78, 5) is 16.8. The van der Waals surface area contributed by atoms with Crippen LogP contribution in [0.2, 0.25) is 0 Å². The smallest absolute Gasteiger partial charge is 0.246 e. The zero-order valence-electron chi connectivity index (χ0n) is 14.0. The molecule has 0 bridgehead atoms. The maximum Gasteiger partial charge on any atom is 0.246 e. The highest BCUT2D eigenvalue weighted by atomic mass is 79.9. The van der Waals surface area contributed by atoms with Crippen molar-refractivity contribution in [3.05, 3.63) is 50.6 Å². The summed E-state index contributed by atoms with van der Waals surface area (Å²) < 4.78 is 1.06. The van der Waals surface area contributed by atoms with Gasteiger partial charge in [0.2, 0.25) is 11.7 Å². The molecule has 130 valence electrons. The van der Waals surface area contributed by atoms with E-state index in [1.165, 1.54) is 10.4 Å². The maximum absolute atomic E-state index is 12.5. The van der Waals surface area contributed by atoms with Crippen LogP contribution in [0.15, 0.2) is 40.2 Å². The zero-order chi connectivity index (χ0) is 17.8. The second-order valence-corrected chi connectivity index (χ2v) is 8.17. The van der Waals surface area contributed by atoms with Gasteiger partial charge < -0.3 is 4.90 Å². The lowest BCUT2D eigenvalue weighted by molar-refractivity contribution is -0.132. The first-order valence-electron chi connectivity index (χ1n) is 7.92. The molecular weight excluding hydrogens is 402 g/mol. The Morgan fingerprint density at radius 3 is 2.64 bits per heavy atom. The van der Waals surface area contributed by atoms with E-state index in [2.05, 4.69) is 31.3 Å². The number of aryl methyl sites for hydroxylation is 1. The number of rotatable bonds is 6. The zero-order valence-corrected chi connectivity index (χ0v) is 16.4. The third-order valence-electron chi connectivity index (χ3n) is 3.75. The highest BCUT2D eigenvalue weighted by molar-refractivity contribution is 9.11. The van der Waals surface area contributed by atoms with E-state index in [4.69, 9.17) is 0 Å². The van der Waals surface area contributed by atoms with Gasteiger partial charge in [-0.3, -0.25) is 4.79 Å². The highest BCUT2D eigenvalue weighted by Crippen LogP contribution is 2.23. The van der Waals surface area contributed by atoms with Gasteiger partial charge in [-0.2, -0.15) is 4.80 Å². The SMILES string of the molecule is CCN(Cc1ccc(Br)s1)C(=O)Cn1nnc(-c2ccc(C)cc2)n1. The summed E-state index contributed by atoms with van der Waals surface area (Å²) in [5.41, 5.74) is 2.06. The van der Waals surface area contributed by atoms with Gasteiger partial charge in [0.1, 0.15) is 6.54 Å². The van der Waals surface area contributed by atoms with Crippen molar-refractivity contribution in [1.82, 2.24) is 25.1 Å². The maximum atomic E-state index is 12.5. The average Bonchev–Trinajstić information content (AvgIpc) is 3.22. The summed E-state index contributed by atoms with van der Waals surface area (Å²) >= 11 is 5.08. The molecular formula is C17H18BrN5OS. The van der Waals surface area contributed by atoms with Crippen molar-refractivity contribution in [1.29, 1.82) is 0 Å². The number of halogens is 1. The van der Waals surface area contributed by atoms with Crippen molar-refractivity contribution in [2.75, 3.05) is 6.54 Å². The van der Waals surface area contributed by atoms with Crippen LogP contribution in [0, 0.1) is 6.92 Å². The van der Waals surface area contributed by atoms with Gasteiger partial charge >= 0.3 is 0 Å². The molecule has 2 aromatic heterocycles. The Morgan fingerprint density at radius 1 is 1.24 bits per heavy atom. The summed E-state index contributed by atoms with van der Waals surface area (Å²) in [6.45, 7) is 5.30. The monoisotopic (exact) mass is 419 g/mol.